The van der Waals surface area contributed by atoms with Crippen molar-refractivity contribution in [3.05, 3.63) is 70.9 Å². The molecule has 2 fully saturated rings. The first-order valence-corrected chi connectivity index (χ1v) is 11.8. The summed E-state index contributed by atoms with van der Waals surface area (Å²) in [5.74, 6) is 1.74. The fourth-order valence-electron chi connectivity index (χ4n) is 5.15. The lowest BCUT2D eigenvalue weighted by Crippen LogP contribution is -2.43. The van der Waals surface area contributed by atoms with Crippen LogP contribution in [0.15, 0.2) is 59.1 Å². The molecule has 0 spiro atoms. The molecule has 3 atom stereocenters. The summed E-state index contributed by atoms with van der Waals surface area (Å²) >= 11 is 5.97. The molecule has 0 saturated carbocycles. The predicted molar refractivity (Wildman–Crippen MR) is 127 cm³/mol. The number of rotatable bonds is 7. The largest absolute Gasteiger partial charge is 0.490 e. The molecular weight excluding hydrogens is 422 g/mol. The van der Waals surface area contributed by atoms with E-state index in [1.54, 1.807) is 0 Å². The molecule has 0 aliphatic carbocycles. The SMILES string of the molecule is CN(Cc1cccc(O[C@H]2C[C@H]3CC[C@@H](C2)N3C)c1)Cc1cc(-c2ccc(Cl)cc2)on1. The van der Waals surface area contributed by atoms with Gasteiger partial charge in [0.2, 0.25) is 0 Å². The number of benzene rings is 2. The summed E-state index contributed by atoms with van der Waals surface area (Å²) in [4.78, 5) is 4.78. The highest BCUT2D eigenvalue weighted by Crippen LogP contribution is 2.36. The molecule has 0 amide bonds. The van der Waals surface area contributed by atoms with E-state index >= 15 is 0 Å². The van der Waals surface area contributed by atoms with E-state index in [2.05, 4.69) is 53.3 Å². The summed E-state index contributed by atoms with van der Waals surface area (Å²) in [5.41, 5.74) is 3.12. The highest BCUT2D eigenvalue weighted by molar-refractivity contribution is 6.30. The number of halogens is 1. The zero-order valence-corrected chi connectivity index (χ0v) is 19.5. The summed E-state index contributed by atoms with van der Waals surface area (Å²) in [6.45, 7) is 1.53. The van der Waals surface area contributed by atoms with Gasteiger partial charge < -0.3 is 14.2 Å². The number of hydrogen-bond donors (Lipinski definition) is 0. The van der Waals surface area contributed by atoms with Crippen molar-refractivity contribution in [2.75, 3.05) is 14.1 Å². The lowest BCUT2D eigenvalue weighted by atomic mass is 10.0. The summed E-state index contributed by atoms with van der Waals surface area (Å²) in [6, 6.07) is 19.5. The number of aromatic nitrogens is 1. The van der Waals surface area contributed by atoms with Crippen LogP contribution in [-0.4, -0.2) is 47.2 Å². The Balaban J connectivity index is 1.17. The summed E-state index contributed by atoms with van der Waals surface area (Å²) in [6.07, 6.45) is 5.23. The molecule has 0 radical (unpaired) electrons. The Kier molecular flexibility index (Phi) is 6.22. The Morgan fingerprint density at radius 1 is 1.06 bits per heavy atom. The fraction of sp³-hybridized carbons (Fsp3) is 0.423. The van der Waals surface area contributed by atoms with E-state index in [0.717, 1.165) is 42.2 Å². The van der Waals surface area contributed by atoms with E-state index in [4.69, 9.17) is 20.9 Å². The van der Waals surface area contributed by atoms with Crippen LogP contribution in [0.4, 0.5) is 0 Å². The quantitative estimate of drug-likeness (QED) is 0.465. The standard InChI is InChI=1S/C26H30ClN3O2/c1-29(17-21-13-26(32-28-21)19-6-8-20(27)9-7-19)16-18-4-3-5-24(12-18)31-25-14-22-10-11-23(15-25)30(22)2/h3-9,12-13,22-23,25H,10-11,14-17H2,1-2H3/t22-,23+,25+. The van der Waals surface area contributed by atoms with E-state index in [1.165, 1.54) is 18.4 Å². The summed E-state index contributed by atoms with van der Waals surface area (Å²) < 4.78 is 11.9. The third-order valence-corrected chi connectivity index (χ3v) is 7.08. The van der Waals surface area contributed by atoms with Crippen molar-refractivity contribution in [1.82, 2.24) is 15.0 Å². The first kappa shape index (κ1) is 21.5. The molecule has 6 heteroatoms. The van der Waals surface area contributed by atoms with Crippen LogP contribution in [0.5, 0.6) is 5.75 Å². The van der Waals surface area contributed by atoms with Crippen LogP contribution in [0.2, 0.25) is 5.02 Å². The molecular formula is C26H30ClN3O2. The van der Waals surface area contributed by atoms with Crippen LogP contribution in [-0.2, 0) is 13.1 Å². The van der Waals surface area contributed by atoms with Gasteiger partial charge in [0.05, 0.1) is 5.69 Å². The van der Waals surface area contributed by atoms with Crippen LogP contribution in [0, 0.1) is 0 Å². The second kappa shape index (κ2) is 9.26. The maximum Gasteiger partial charge on any atom is 0.167 e. The van der Waals surface area contributed by atoms with Gasteiger partial charge >= 0.3 is 0 Å². The van der Waals surface area contributed by atoms with E-state index in [-0.39, 0.29) is 0 Å². The summed E-state index contributed by atoms with van der Waals surface area (Å²) in [5, 5.41) is 4.95. The number of fused-ring (bicyclic) bond motifs is 2. The molecule has 3 aromatic rings. The number of hydrogen-bond acceptors (Lipinski definition) is 5. The molecule has 0 unspecified atom stereocenters. The smallest absolute Gasteiger partial charge is 0.167 e. The van der Waals surface area contributed by atoms with Gasteiger partial charge in [0.1, 0.15) is 11.9 Å². The molecule has 3 heterocycles. The van der Waals surface area contributed by atoms with Crippen molar-refractivity contribution in [3.63, 3.8) is 0 Å². The van der Waals surface area contributed by atoms with E-state index in [9.17, 15) is 0 Å². The molecule has 2 aliphatic heterocycles. The number of ether oxygens (including phenoxy) is 1. The lowest BCUT2D eigenvalue weighted by molar-refractivity contribution is 0.0661. The molecule has 2 aromatic carbocycles. The highest BCUT2D eigenvalue weighted by atomic mass is 35.5. The van der Waals surface area contributed by atoms with E-state index in [1.807, 2.05) is 30.3 Å². The molecule has 1 aromatic heterocycles. The minimum atomic E-state index is 0.332. The second-order valence-electron chi connectivity index (χ2n) is 9.27. The van der Waals surface area contributed by atoms with Crippen LogP contribution < -0.4 is 4.74 Å². The van der Waals surface area contributed by atoms with Crippen LogP contribution >= 0.6 is 11.6 Å². The van der Waals surface area contributed by atoms with Gasteiger partial charge in [-0.05, 0) is 81.7 Å². The van der Waals surface area contributed by atoms with Crippen LogP contribution in [0.3, 0.4) is 0 Å². The number of nitrogens with zero attached hydrogens (tertiary/aromatic N) is 3. The zero-order chi connectivity index (χ0) is 22.1. The topological polar surface area (TPSA) is 41.7 Å². The Hall–Kier alpha value is -2.34. The molecule has 2 bridgehead atoms. The average Bonchev–Trinajstić information content (AvgIpc) is 3.29. The Morgan fingerprint density at radius 2 is 1.81 bits per heavy atom. The average molecular weight is 452 g/mol. The Bertz CT molecular complexity index is 1040. The third-order valence-electron chi connectivity index (χ3n) is 6.83. The molecule has 2 aliphatic rings. The monoisotopic (exact) mass is 451 g/mol. The van der Waals surface area contributed by atoms with Gasteiger partial charge in [-0.15, -0.1) is 0 Å². The maximum atomic E-state index is 6.40. The minimum absolute atomic E-state index is 0.332. The van der Waals surface area contributed by atoms with Crippen molar-refractivity contribution >= 4 is 11.6 Å². The normalized spacial score (nSPS) is 23.1. The van der Waals surface area contributed by atoms with Gasteiger partial charge in [0.25, 0.3) is 0 Å². The zero-order valence-electron chi connectivity index (χ0n) is 18.7. The second-order valence-corrected chi connectivity index (χ2v) is 9.71. The Morgan fingerprint density at radius 3 is 2.56 bits per heavy atom. The third kappa shape index (κ3) is 4.85. The van der Waals surface area contributed by atoms with Gasteiger partial charge in [-0.3, -0.25) is 4.90 Å². The first-order valence-electron chi connectivity index (χ1n) is 11.4. The first-order chi connectivity index (χ1) is 15.5. The van der Waals surface area contributed by atoms with Gasteiger partial charge in [0, 0.05) is 41.8 Å². The minimum Gasteiger partial charge on any atom is -0.490 e. The van der Waals surface area contributed by atoms with Crippen molar-refractivity contribution in [1.29, 1.82) is 0 Å². The van der Waals surface area contributed by atoms with Gasteiger partial charge in [-0.25, -0.2) is 0 Å². The van der Waals surface area contributed by atoms with Gasteiger partial charge in [-0.1, -0.05) is 28.9 Å². The van der Waals surface area contributed by atoms with Crippen molar-refractivity contribution in [2.24, 2.45) is 0 Å². The van der Waals surface area contributed by atoms with E-state index < -0.39 is 0 Å². The van der Waals surface area contributed by atoms with Gasteiger partial charge in [0.15, 0.2) is 5.76 Å². The van der Waals surface area contributed by atoms with Crippen LogP contribution in [0.1, 0.15) is 36.9 Å². The van der Waals surface area contributed by atoms with Gasteiger partial charge in [-0.2, -0.15) is 0 Å². The lowest BCUT2D eigenvalue weighted by Gasteiger charge is -2.36. The fourth-order valence-corrected chi connectivity index (χ4v) is 5.27. The molecule has 5 rings (SSSR count). The van der Waals surface area contributed by atoms with Crippen molar-refractivity contribution in [2.45, 2.75) is 57.0 Å². The molecule has 2 saturated heterocycles. The maximum absolute atomic E-state index is 6.40. The predicted octanol–water partition coefficient (Wildman–Crippen LogP) is 5.63. The van der Waals surface area contributed by atoms with Crippen molar-refractivity contribution in [3.8, 4) is 17.1 Å². The highest BCUT2D eigenvalue weighted by Gasteiger charge is 2.39. The molecule has 5 nitrogen and oxygen atoms in total. The van der Waals surface area contributed by atoms with E-state index in [0.29, 0.717) is 29.8 Å². The molecule has 32 heavy (non-hydrogen) atoms. The Labute approximate surface area is 194 Å². The van der Waals surface area contributed by atoms with Crippen molar-refractivity contribution < 1.29 is 9.26 Å². The summed E-state index contributed by atoms with van der Waals surface area (Å²) in [7, 11) is 4.36. The number of piperidine rings is 1. The van der Waals surface area contributed by atoms with Crippen LogP contribution in [0.25, 0.3) is 11.3 Å². The molecule has 0 N–H and O–H groups in total. The molecule has 168 valence electrons.